The highest BCUT2D eigenvalue weighted by Gasteiger charge is 2.17. The molecule has 0 radical (unpaired) electrons. The number of aryl methyl sites for hydroxylation is 1. The lowest BCUT2D eigenvalue weighted by Gasteiger charge is -2.21. The lowest BCUT2D eigenvalue weighted by molar-refractivity contribution is -0.118. The Hall–Kier alpha value is -3.13. The lowest BCUT2D eigenvalue weighted by atomic mass is 9.89. The van der Waals surface area contributed by atoms with Gasteiger partial charge in [-0.05, 0) is 49.9 Å². The number of carbonyl (C=O) groups is 2. The van der Waals surface area contributed by atoms with Crippen LogP contribution < -0.4 is 10.6 Å². The first kappa shape index (κ1) is 23.0. The molecule has 1 aliphatic rings. The molecule has 33 heavy (non-hydrogen) atoms. The van der Waals surface area contributed by atoms with E-state index in [4.69, 9.17) is 0 Å². The molecule has 7 nitrogen and oxygen atoms in total. The van der Waals surface area contributed by atoms with E-state index in [9.17, 15) is 9.59 Å². The summed E-state index contributed by atoms with van der Waals surface area (Å²) in [5, 5.41) is 13.1. The van der Waals surface area contributed by atoms with Crippen molar-refractivity contribution in [2.24, 2.45) is 5.92 Å². The van der Waals surface area contributed by atoms with Crippen LogP contribution in [0.1, 0.15) is 48.2 Å². The summed E-state index contributed by atoms with van der Waals surface area (Å²) in [6.45, 7) is 2.67. The first-order valence-corrected chi connectivity index (χ1v) is 12.4. The number of thioether (sulfide) groups is 1. The molecule has 3 N–H and O–H groups in total. The van der Waals surface area contributed by atoms with Crippen LogP contribution in [-0.4, -0.2) is 39.3 Å². The molecule has 1 saturated carbocycles. The van der Waals surface area contributed by atoms with Crippen LogP contribution in [0, 0.1) is 12.8 Å². The maximum absolute atomic E-state index is 12.9. The Labute approximate surface area is 198 Å². The van der Waals surface area contributed by atoms with Gasteiger partial charge in [0.05, 0.1) is 17.0 Å². The summed E-state index contributed by atoms with van der Waals surface area (Å²) in [5.41, 5.74) is 3.17. The molecule has 0 unspecified atom stereocenters. The van der Waals surface area contributed by atoms with Gasteiger partial charge in [-0.15, -0.1) is 11.8 Å². The van der Waals surface area contributed by atoms with Crippen LogP contribution in [0.4, 0.5) is 5.82 Å². The summed E-state index contributed by atoms with van der Waals surface area (Å²) in [5.74, 6) is 1.07. The zero-order valence-corrected chi connectivity index (χ0v) is 19.6. The third kappa shape index (κ3) is 6.44. The quantitative estimate of drug-likeness (QED) is 0.416. The van der Waals surface area contributed by atoms with E-state index in [0.717, 1.165) is 28.4 Å². The summed E-state index contributed by atoms with van der Waals surface area (Å²) in [6.07, 6.45) is 7.97. The molecule has 2 heterocycles. The van der Waals surface area contributed by atoms with Gasteiger partial charge in [-0.1, -0.05) is 31.4 Å². The van der Waals surface area contributed by atoms with Crippen molar-refractivity contribution in [1.82, 2.24) is 20.5 Å². The van der Waals surface area contributed by atoms with Crippen LogP contribution in [0.25, 0.3) is 11.3 Å². The lowest BCUT2D eigenvalue weighted by Crippen LogP contribution is -2.31. The predicted octanol–water partition coefficient (Wildman–Crippen LogP) is 4.82. The molecule has 2 amide bonds. The largest absolute Gasteiger partial charge is 0.355 e. The molecule has 1 aliphatic carbocycles. The van der Waals surface area contributed by atoms with E-state index in [-0.39, 0.29) is 17.6 Å². The third-order valence-electron chi connectivity index (χ3n) is 5.83. The minimum Gasteiger partial charge on any atom is -0.355 e. The third-order valence-corrected chi connectivity index (χ3v) is 6.90. The van der Waals surface area contributed by atoms with Crippen molar-refractivity contribution in [2.75, 3.05) is 17.6 Å². The van der Waals surface area contributed by atoms with Crippen molar-refractivity contribution in [3.8, 4) is 11.3 Å². The fourth-order valence-electron chi connectivity index (χ4n) is 4.05. The summed E-state index contributed by atoms with van der Waals surface area (Å²) < 4.78 is 0. The van der Waals surface area contributed by atoms with E-state index < -0.39 is 0 Å². The monoisotopic (exact) mass is 463 g/mol. The second-order valence-corrected chi connectivity index (χ2v) is 9.42. The molecule has 8 heteroatoms. The molecular formula is C25H29N5O2S. The number of benzene rings is 1. The summed E-state index contributed by atoms with van der Waals surface area (Å²) in [4.78, 5) is 30.2. The number of anilines is 1. The Morgan fingerprint density at radius 3 is 2.76 bits per heavy atom. The maximum Gasteiger partial charge on any atom is 0.257 e. The van der Waals surface area contributed by atoms with Crippen LogP contribution in [0.5, 0.6) is 0 Å². The van der Waals surface area contributed by atoms with Gasteiger partial charge < -0.3 is 10.6 Å². The molecule has 0 aliphatic heterocycles. The van der Waals surface area contributed by atoms with Crippen LogP contribution in [-0.2, 0) is 4.79 Å². The number of pyridine rings is 1. The first-order valence-electron chi connectivity index (χ1n) is 11.4. The number of hydrogen-bond donors (Lipinski definition) is 3. The normalized spacial score (nSPS) is 14.1. The molecule has 0 spiro atoms. The zero-order chi connectivity index (χ0) is 23.0. The minimum absolute atomic E-state index is 0.00497. The van der Waals surface area contributed by atoms with Crippen LogP contribution in [0.15, 0.2) is 53.6 Å². The van der Waals surface area contributed by atoms with E-state index in [1.807, 2.05) is 37.3 Å². The van der Waals surface area contributed by atoms with Crippen molar-refractivity contribution in [1.29, 1.82) is 0 Å². The zero-order valence-electron chi connectivity index (χ0n) is 18.8. The number of carbonyl (C=O) groups excluding carboxylic acids is 2. The van der Waals surface area contributed by atoms with E-state index in [0.29, 0.717) is 17.3 Å². The highest BCUT2D eigenvalue weighted by molar-refractivity contribution is 8.00. The molecule has 1 fully saturated rings. The predicted molar refractivity (Wildman–Crippen MR) is 131 cm³/mol. The number of aromatic nitrogens is 3. The van der Waals surface area contributed by atoms with E-state index in [2.05, 4.69) is 25.8 Å². The molecule has 2 aromatic heterocycles. The minimum atomic E-state index is -0.260. The Bertz CT molecular complexity index is 1110. The van der Waals surface area contributed by atoms with Crippen molar-refractivity contribution < 1.29 is 9.59 Å². The van der Waals surface area contributed by atoms with Crippen LogP contribution in [0.2, 0.25) is 0 Å². The van der Waals surface area contributed by atoms with Gasteiger partial charge in [0.25, 0.3) is 5.91 Å². The summed E-state index contributed by atoms with van der Waals surface area (Å²) >= 11 is 1.38. The number of hydrogen-bond acceptors (Lipinski definition) is 5. The van der Waals surface area contributed by atoms with E-state index in [1.165, 1.54) is 43.9 Å². The second kappa shape index (κ2) is 11.1. The standard InChI is InChI=1S/C25H29N5O2S/c1-17-13-19(11-12-26-17)21-14-23(30-29-21)28-25(32)20-9-5-6-10-22(20)33-16-24(31)27-15-18-7-3-2-4-8-18/h5-6,9-14,18H,2-4,7-8,15-16H2,1H3,(H,27,31)(H2,28,29,30,32). The molecule has 0 bridgehead atoms. The molecule has 0 saturated heterocycles. The molecular weight excluding hydrogens is 434 g/mol. The Balaban J connectivity index is 1.34. The molecule has 172 valence electrons. The molecule has 1 aromatic carbocycles. The van der Waals surface area contributed by atoms with Crippen molar-refractivity contribution in [3.05, 3.63) is 59.9 Å². The Morgan fingerprint density at radius 1 is 1.12 bits per heavy atom. The maximum atomic E-state index is 12.9. The fourth-order valence-corrected chi connectivity index (χ4v) is 4.93. The van der Waals surface area contributed by atoms with Gasteiger partial charge in [0, 0.05) is 35.0 Å². The van der Waals surface area contributed by atoms with Crippen LogP contribution >= 0.6 is 11.8 Å². The summed E-state index contributed by atoms with van der Waals surface area (Å²) in [6, 6.07) is 12.9. The highest BCUT2D eigenvalue weighted by atomic mass is 32.2. The van der Waals surface area contributed by atoms with Gasteiger partial charge in [0.1, 0.15) is 0 Å². The SMILES string of the molecule is Cc1cc(-c2cc(NC(=O)c3ccccc3SCC(=O)NCC3CCCCC3)n[nH]2)ccn1. The topological polar surface area (TPSA) is 99.8 Å². The van der Waals surface area contributed by atoms with Crippen molar-refractivity contribution in [2.45, 2.75) is 43.9 Å². The van der Waals surface area contributed by atoms with E-state index >= 15 is 0 Å². The van der Waals surface area contributed by atoms with Gasteiger partial charge in [0.15, 0.2) is 5.82 Å². The average molecular weight is 464 g/mol. The molecule has 0 atom stereocenters. The van der Waals surface area contributed by atoms with Crippen molar-refractivity contribution >= 4 is 29.4 Å². The smallest absolute Gasteiger partial charge is 0.257 e. The number of H-pyrrole nitrogens is 1. The van der Waals surface area contributed by atoms with Crippen LogP contribution in [0.3, 0.4) is 0 Å². The van der Waals surface area contributed by atoms with Gasteiger partial charge in [0.2, 0.25) is 5.91 Å². The van der Waals surface area contributed by atoms with Crippen molar-refractivity contribution in [3.63, 3.8) is 0 Å². The number of rotatable bonds is 8. The van der Waals surface area contributed by atoms with Gasteiger partial charge in [-0.25, -0.2) is 0 Å². The van der Waals surface area contributed by atoms with Gasteiger partial charge in [-0.3, -0.25) is 19.7 Å². The number of aromatic amines is 1. The fraction of sp³-hybridized carbons (Fsp3) is 0.360. The molecule has 3 aromatic rings. The van der Waals surface area contributed by atoms with Gasteiger partial charge >= 0.3 is 0 Å². The average Bonchev–Trinajstić information content (AvgIpc) is 3.31. The molecule has 4 rings (SSSR count). The van der Waals surface area contributed by atoms with E-state index in [1.54, 1.807) is 18.3 Å². The number of nitrogens with zero attached hydrogens (tertiary/aromatic N) is 2. The Morgan fingerprint density at radius 2 is 1.94 bits per heavy atom. The number of amides is 2. The number of nitrogens with one attached hydrogen (secondary N) is 3. The highest BCUT2D eigenvalue weighted by Crippen LogP contribution is 2.25. The second-order valence-electron chi connectivity index (χ2n) is 8.40. The first-order chi connectivity index (χ1) is 16.1. The Kier molecular flexibility index (Phi) is 7.78. The van der Waals surface area contributed by atoms with Gasteiger partial charge in [-0.2, -0.15) is 5.10 Å². The summed E-state index contributed by atoms with van der Waals surface area (Å²) in [7, 11) is 0.